The molecule has 0 aliphatic carbocycles. The van der Waals surface area contributed by atoms with E-state index < -0.39 is 0 Å². The highest BCUT2D eigenvalue weighted by atomic mass is 16.5. The van der Waals surface area contributed by atoms with E-state index in [-0.39, 0.29) is 0 Å². The van der Waals surface area contributed by atoms with Gasteiger partial charge in [-0.3, -0.25) is 0 Å². The van der Waals surface area contributed by atoms with E-state index in [1.807, 2.05) is 6.08 Å². The Morgan fingerprint density at radius 1 is 1.11 bits per heavy atom. The Labute approximate surface area is 113 Å². The minimum absolute atomic E-state index is 0.513. The van der Waals surface area contributed by atoms with E-state index in [4.69, 9.17) is 11.2 Å². The number of rotatable bonds is 11. The smallest absolute Gasteiger partial charge is 0.0625 e. The summed E-state index contributed by atoms with van der Waals surface area (Å²) < 4.78 is 5.62. The molecule has 1 aliphatic heterocycles. The number of hydrogen-bond donors (Lipinski definition) is 0. The number of hydrogen-bond acceptors (Lipinski definition) is 1. The third-order valence-corrected chi connectivity index (χ3v) is 3.84. The Bertz CT molecular complexity index is 251. The summed E-state index contributed by atoms with van der Waals surface area (Å²) in [7, 11) is 0. The molecule has 0 radical (unpaired) electrons. The summed E-state index contributed by atoms with van der Waals surface area (Å²) in [5.74, 6) is 3.52. The number of ether oxygens (including phenoxy) is 1. The third-order valence-electron chi connectivity index (χ3n) is 3.84. The van der Waals surface area contributed by atoms with Crippen LogP contribution in [0.4, 0.5) is 0 Å². The van der Waals surface area contributed by atoms with Crippen LogP contribution in [0.15, 0.2) is 12.7 Å². The van der Waals surface area contributed by atoms with Gasteiger partial charge in [0.25, 0.3) is 0 Å². The van der Waals surface area contributed by atoms with Gasteiger partial charge in [-0.2, -0.15) is 0 Å². The summed E-state index contributed by atoms with van der Waals surface area (Å²) in [6, 6.07) is 0. The zero-order valence-corrected chi connectivity index (χ0v) is 11.7. The van der Waals surface area contributed by atoms with Gasteiger partial charge in [0.05, 0.1) is 12.7 Å². The standard InChI is InChI=1S/C17H28O/c1-3-5-7-8-9-10-12-13-16-15-18-17(16)14-11-6-4-2/h2-3,16-17H,1,5-15H2/t16-,17-/m1/s1. The molecule has 0 aromatic carbocycles. The first-order chi connectivity index (χ1) is 8.88. The van der Waals surface area contributed by atoms with E-state index >= 15 is 0 Å². The minimum Gasteiger partial charge on any atom is -0.377 e. The maximum atomic E-state index is 5.62. The molecule has 0 spiro atoms. The van der Waals surface area contributed by atoms with Crippen LogP contribution in [-0.4, -0.2) is 12.7 Å². The van der Waals surface area contributed by atoms with E-state index in [0.29, 0.717) is 6.10 Å². The summed E-state index contributed by atoms with van der Waals surface area (Å²) in [4.78, 5) is 0. The Morgan fingerprint density at radius 3 is 2.56 bits per heavy atom. The first-order valence-corrected chi connectivity index (χ1v) is 7.54. The van der Waals surface area contributed by atoms with Crippen molar-refractivity contribution < 1.29 is 4.74 Å². The Morgan fingerprint density at radius 2 is 1.89 bits per heavy atom. The van der Waals surface area contributed by atoms with Crippen LogP contribution in [0.3, 0.4) is 0 Å². The molecule has 1 fully saturated rings. The summed E-state index contributed by atoms with van der Waals surface area (Å²) in [5.41, 5.74) is 0. The second-order valence-electron chi connectivity index (χ2n) is 5.36. The van der Waals surface area contributed by atoms with E-state index in [1.165, 1.54) is 44.9 Å². The lowest BCUT2D eigenvalue weighted by Crippen LogP contribution is -2.39. The fraction of sp³-hybridized carbons (Fsp3) is 0.765. The van der Waals surface area contributed by atoms with Gasteiger partial charge in [0, 0.05) is 12.3 Å². The van der Waals surface area contributed by atoms with Crippen molar-refractivity contribution in [3.05, 3.63) is 12.7 Å². The van der Waals surface area contributed by atoms with E-state index in [0.717, 1.165) is 31.8 Å². The average Bonchev–Trinajstić information content (AvgIpc) is 2.36. The van der Waals surface area contributed by atoms with Crippen LogP contribution >= 0.6 is 0 Å². The first kappa shape index (κ1) is 15.3. The minimum atomic E-state index is 0.513. The molecule has 1 heterocycles. The first-order valence-electron chi connectivity index (χ1n) is 7.54. The van der Waals surface area contributed by atoms with Crippen molar-refractivity contribution in [2.45, 2.75) is 70.3 Å². The summed E-state index contributed by atoms with van der Waals surface area (Å²) in [6.07, 6.45) is 20.3. The third kappa shape index (κ3) is 6.26. The van der Waals surface area contributed by atoms with Crippen LogP contribution in [-0.2, 0) is 4.74 Å². The highest BCUT2D eigenvalue weighted by Crippen LogP contribution is 2.29. The van der Waals surface area contributed by atoms with Crippen molar-refractivity contribution in [2.75, 3.05) is 6.61 Å². The molecule has 0 N–H and O–H groups in total. The monoisotopic (exact) mass is 248 g/mol. The van der Waals surface area contributed by atoms with Crippen molar-refractivity contribution in [1.82, 2.24) is 0 Å². The fourth-order valence-electron chi connectivity index (χ4n) is 2.59. The number of terminal acetylenes is 1. The quantitative estimate of drug-likeness (QED) is 0.292. The molecule has 1 heteroatoms. The van der Waals surface area contributed by atoms with Crippen LogP contribution in [0, 0.1) is 18.3 Å². The van der Waals surface area contributed by atoms with Gasteiger partial charge in [0.2, 0.25) is 0 Å². The van der Waals surface area contributed by atoms with E-state index in [2.05, 4.69) is 12.5 Å². The molecule has 102 valence electrons. The van der Waals surface area contributed by atoms with Crippen molar-refractivity contribution in [3.63, 3.8) is 0 Å². The molecule has 0 amide bonds. The van der Waals surface area contributed by atoms with Gasteiger partial charge in [0.15, 0.2) is 0 Å². The molecule has 18 heavy (non-hydrogen) atoms. The maximum absolute atomic E-state index is 5.62. The van der Waals surface area contributed by atoms with Gasteiger partial charge < -0.3 is 4.74 Å². The lowest BCUT2D eigenvalue weighted by molar-refractivity contribution is -0.121. The Kier molecular flexibility index (Phi) is 8.69. The van der Waals surface area contributed by atoms with Gasteiger partial charge in [-0.15, -0.1) is 18.9 Å². The molecular weight excluding hydrogens is 220 g/mol. The summed E-state index contributed by atoms with van der Waals surface area (Å²) in [5, 5.41) is 0. The maximum Gasteiger partial charge on any atom is 0.0625 e. The van der Waals surface area contributed by atoms with Gasteiger partial charge in [-0.05, 0) is 32.1 Å². The molecule has 1 aliphatic rings. The summed E-state index contributed by atoms with van der Waals surface area (Å²) in [6.45, 7) is 4.73. The average molecular weight is 248 g/mol. The van der Waals surface area contributed by atoms with Crippen molar-refractivity contribution in [1.29, 1.82) is 0 Å². The lowest BCUT2D eigenvalue weighted by atomic mass is 9.88. The van der Waals surface area contributed by atoms with Crippen LogP contribution < -0.4 is 0 Å². The molecule has 0 aromatic heterocycles. The number of unbranched alkanes of at least 4 members (excludes halogenated alkanes) is 6. The molecule has 1 nitrogen and oxygen atoms in total. The van der Waals surface area contributed by atoms with Crippen LogP contribution in [0.2, 0.25) is 0 Å². The topological polar surface area (TPSA) is 9.23 Å². The van der Waals surface area contributed by atoms with Gasteiger partial charge in [-0.25, -0.2) is 0 Å². The van der Waals surface area contributed by atoms with Gasteiger partial charge in [-0.1, -0.05) is 31.8 Å². The van der Waals surface area contributed by atoms with Crippen LogP contribution in [0.5, 0.6) is 0 Å². The lowest BCUT2D eigenvalue weighted by Gasteiger charge is -2.37. The van der Waals surface area contributed by atoms with Crippen LogP contribution in [0.1, 0.15) is 64.2 Å². The van der Waals surface area contributed by atoms with Crippen molar-refractivity contribution in [2.24, 2.45) is 5.92 Å². The van der Waals surface area contributed by atoms with Crippen molar-refractivity contribution in [3.8, 4) is 12.3 Å². The molecule has 0 saturated carbocycles. The normalized spacial score (nSPS) is 22.2. The van der Waals surface area contributed by atoms with Gasteiger partial charge in [0.1, 0.15) is 0 Å². The van der Waals surface area contributed by atoms with Gasteiger partial charge >= 0.3 is 0 Å². The zero-order valence-electron chi connectivity index (χ0n) is 11.7. The SMILES string of the molecule is C#CCCC[C@H]1OC[C@H]1CCCCCCCC=C. The predicted octanol–water partition coefficient (Wildman–Crippen LogP) is 4.72. The number of allylic oxidation sites excluding steroid dienone is 1. The molecule has 1 rings (SSSR count). The highest BCUT2D eigenvalue weighted by molar-refractivity contribution is 4.85. The molecule has 2 atom stereocenters. The second kappa shape index (κ2) is 10.2. The van der Waals surface area contributed by atoms with E-state index in [9.17, 15) is 0 Å². The zero-order chi connectivity index (χ0) is 13.1. The van der Waals surface area contributed by atoms with Crippen LogP contribution in [0.25, 0.3) is 0 Å². The predicted molar refractivity (Wildman–Crippen MR) is 78.4 cm³/mol. The molecule has 0 bridgehead atoms. The highest BCUT2D eigenvalue weighted by Gasteiger charge is 2.30. The molecule has 1 saturated heterocycles. The fourth-order valence-corrected chi connectivity index (χ4v) is 2.59. The Balaban J connectivity index is 1.89. The second-order valence-corrected chi connectivity index (χ2v) is 5.36. The molecular formula is C17H28O. The van der Waals surface area contributed by atoms with Crippen molar-refractivity contribution >= 4 is 0 Å². The van der Waals surface area contributed by atoms with E-state index in [1.54, 1.807) is 0 Å². The largest absolute Gasteiger partial charge is 0.377 e. The molecule has 0 aromatic rings. The summed E-state index contributed by atoms with van der Waals surface area (Å²) >= 11 is 0. The molecule has 0 unspecified atom stereocenters. The Hall–Kier alpha value is -0.740.